The summed E-state index contributed by atoms with van der Waals surface area (Å²) in [5.41, 5.74) is -0.0506. The number of rotatable bonds is 5. The van der Waals surface area contributed by atoms with Crippen LogP contribution in [0.2, 0.25) is 0 Å². The molecule has 2 nitrogen and oxygen atoms in total. The van der Waals surface area contributed by atoms with E-state index in [1.807, 2.05) is 13.8 Å². The number of nitrogens with one attached hydrogen (secondary N) is 1. The first-order valence-corrected chi connectivity index (χ1v) is 5.24. The van der Waals surface area contributed by atoms with Crippen LogP contribution in [0.15, 0.2) is 18.2 Å². The summed E-state index contributed by atoms with van der Waals surface area (Å²) in [7, 11) is 0. The molecule has 2 N–H and O–H groups in total. The van der Waals surface area contributed by atoms with Crippen LogP contribution in [0.3, 0.4) is 0 Å². The average molecular weight is 229 g/mol. The Morgan fingerprint density at radius 3 is 2.62 bits per heavy atom. The van der Waals surface area contributed by atoms with Gasteiger partial charge in [-0.15, -0.1) is 0 Å². The van der Waals surface area contributed by atoms with Gasteiger partial charge in [-0.25, -0.2) is 8.78 Å². The van der Waals surface area contributed by atoms with E-state index in [2.05, 4.69) is 5.32 Å². The first-order valence-electron chi connectivity index (χ1n) is 5.24. The Hall–Kier alpha value is -1.00. The number of benzene rings is 1. The Morgan fingerprint density at radius 2 is 2.00 bits per heavy atom. The first-order chi connectivity index (χ1) is 7.44. The van der Waals surface area contributed by atoms with Crippen LogP contribution in [0.4, 0.5) is 8.78 Å². The van der Waals surface area contributed by atoms with Gasteiger partial charge in [0.15, 0.2) is 0 Å². The summed E-state index contributed by atoms with van der Waals surface area (Å²) in [6.07, 6.45) is 0.396. The van der Waals surface area contributed by atoms with E-state index in [1.54, 1.807) is 0 Å². The van der Waals surface area contributed by atoms with Crippen molar-refractivity contribution >= 4 is 0 Å². The van der Waals surface area contributed by atoms with Crippen LogP contribution in [0.1, 0.15) is 19.4 Å². The lowest BCUT2D eigenvalue weighted by Gasteiger charge is -2.23. The van der Waals surface area contributed by atoms with Gasteiger partial charge in [-0.1, -0.05) is 0 Å². The van der Waals surface area contributed by atoms with Crippen LogP contribution in [0, 0.1) is 11.6 Å². The lowest BCUT2D eigenvalue weighted by atomic mass is 10.1. The van der Waals surface area contributed by atoms with Crippen molar-refractivity contribution in [1.82, 2.24) is 5.32 Å². The third-order valence-electron chi connectivity index (χ3n) is 2.40. The molecule has 1 aromatic carbocycles. The molecule has 1 aromatic rings. The van der Waals surface area contributed by atoms with Crippen molar-refractivity contribution < 1.29 is 13.9 Å². The van der Waals surface area contributed by atoms with Crippen LogP contribution < -0.4 is 5.32 Å². The molecule has 4 heteroatoms. The van der Waals surface area contributed by atoms with E-state index < -0.39 is 17.2 Å². The Kier molecular flexibility index (Phi) is 4.38. The van der Waals surface area contributed by atoms with Gasteiger partial charge in [0.1, 0.15) is 11.6 Å². The minimum absolute atomic E-state index is 0.00136. The van der Waals surface area contributed by atoms with E-state index >= 15 is 0 Å². The van der Waals surface area contributed by atoms with Crippen molar-refractivity contribution in [3.63, 3.8) is 0 Å². The lowest BCUT2D eigenvalue weighted by Crippen LogP contribution is -2.43. The van der Waals surface area contributed by atoms with Gasteiger partial charge in [0.05, 0.1) is 6.61 Å². The number of aliphatic hydroxyl groups excluding tert-OH is 1. The maximum Gasteiger partial charge on any atom is 0.126 e. The fourth-order valence-electron chi connectivity index (χ4n) is 1.33. The topological polar surface area (TPSA) is 32.3 Å². The normalized spacial score (nSPS) is 11.8. The van der Waals surface area contributed by atoms with Gasteiger partial charge < -0.3 is 10.4 Å². The monoisotopic (exact) mass is 229 g/mol. The van der Waals surface area contributed by atoms with Gasteiger partial charge >= 0.3 is 0 Å². The van der Waals surface area contributed by atoms with Crippen LogP contribution in [-0.4, -0.2) is 23.8 Å². The quantitative estimate of drug-likeness (QED) is 0.807. The van der Waals surface area contributed by atoms with Crippen molar-refractivity contribution in [2.24, 2.45) is 0 Å². The fourth-order valence-corrected chi connectivity index (χ4v) is 1.33. The molecule has 0 aliphatic carbocycles. The molecule has 0 amide bonds. The van der Waals surface area contributed by atoms with Crippen LogP contribution in [0.5, 0.6) is 0 Å². The van der Waals surface area contributed by atoms with Crippen molar-refractivity contribution in [2.75, 3.05) is 13.2 Å². The van der Waals surface area contributed by atoms with E-state index in [4.69, 9.17) is 5.11 Å². The molecule has 90 valence electrons. The summed E-state index contributed by atoms with van der Waals surface area (Å²) in [5.74, 6) is -0.831. The molecule has 0 aliphatic heterocycles. The van der Waals surface area contributed by atoms with E-state index in [0.29, 0.717) is 18.5 Å². The summed E-state index contributed by atoms with van der Waals surface area (Å²) < 4.78 is 26.1. The summed E-state index contributed by atoms with van der Waals surface area (Å²) in [4.78, 5) is 0. The fraction of sp³-hybridized carbons (Fsp3) is 0.500. The average Bonchev–Trinajstić information content (AvgIpc) is 2.23. The Labute approximate surface area is 94.3 Å². The van der Waals surface area contributed by atoms with E-state index in [1.165, 1.54) is 6.07 Å². The smallest absolute Gasteiger partial charge is 0.126 e. The molecule has 0 saturated heterocycles. The van der Waals surface area contributed by atoms with Crippen molar-refractivity contribution in [3.05, 3.63) is 35.4 Å². The second kappa shape index (κ2) is 5.37. The number of hydrogen-bond acceptors (Lipinski definition) is 2. The molecule has 0 saturated carbocycles. The Balaban J connectivity index is 2.52. The molecule has 0 aliphatic rings. The molecule has 0 aromatic heterocycles. The van der Waals surface area contributed by atoms with Gasteiger partial charge in [-0.2, -0.15) is 0 Å². The maximum atomic E-state index is 13.2. The van der Waals surface area contributed by atoms with E-state index in [0.717, 1.165) is 12.1 Å². The number of aliphatic hydroxyl groups is 1. The molecular formula is C12H17F2NO. The summed E-state index contributed by atoms with van der Waals surface area (Å²) in [6, 6.07) is 3.43. The maximum absolute atomic E-state index is 13.2. The predicted octanol–water partition coefficient (Wildman–Crippen LogP) is 1.87. The minimum Gasteiger partial charge on any atom is -0.394 e. The molecular weight excluding hydrogens is 212 g/mol. The SMILES string of the molecule is CC(C)(CO)NCCc1cc(F)ccc1F. The zero-order valence-electron chi connectivity index (χ0n) is 9.56. The number of halogens is 2. The molecule has 1 rings (SSSR count). The van der Waals surface area contributed by atoms with Gasteiger partial charge in [-0.05, 0) is 50.6 Å². The second-order valence-corrected chi connectivity index (χ2v) is 4.45. The van der Waals surface area contributed by atoms with E-state index in [9.17, 15) is 8.78 Å². The second-order valence-electron chi connectivity index (χ2n) is 4.45. The molecule has 0 radical (unpaired) electrons. The predicted molar refractivity (Wildman–Crippen MR) is 59.2 cm³/mol. The standard InChI is InChI=1S/C12H17F2NO/c1-12(2,8-16)15-6-5-9-7-10(13)3-4-11(9)14/h3-4,7,15-16H,5-6,8H2,1-2H3. The van der Waals surface area contributed by atoms with Gasteiger partial charge in [0, 0.05) is 5.54 Å². The zero-order chi connectivity index (χ0) is 12.2. The third-order valence-corrected chi connectivity index (χ3v) is 2.40. The van der Waals surface area contributed by atoms with Crippen LogP contribution >= 0.6 is 0 Å². The molecule has 0 heterocycles. The van der Waals surface area contributed by atoms with Crippen molar-refractivity contribution in [3.8, 4) is 0 Å². The lowest BCUT2D eigenvalue weighted by molar-refractivity contribution is 0.189. The third kappa shape index (κ3) is 3.87. The minimum atomic E-state index is -0.433. The highest BCUT2D eigenvalue weighted by Crippen LogP contribution is 2.10. The van der Waals surface area contributed by atoms with Gasteiger partial charge in [0.2, 0.25) is 0 Å². The molecule has 0 spiro atoms. The van der Waals surface area contributed by atoms with E-state index in [-0.39, 0.29) is 6.61 Å². The van der Waals surface area contributed by atoms with Gasteiger partial charge in [-0.3, -0.25) is 0 Å². The molecule has 0 fully saturated rings. The zero-order valence-corrected chi connectivity index (χ0v) is 9.56. The molecule has 0 bridgehead atoms. The molecule has 0 unspecified atom stereocenters. The molecule has 0 atom stereocenters. The first kappa shape index (κ1) is 13.1. The van der Waals surface area contributed by atoms with Gasteiger partial charge in [0.25, 0.3) is 0 Å². The Bertz CT molecular complexity index is 353. The highest BCUT2D eigenvalue weighted by molar-refractivity contribution is 5.19. The highest BCUT2D eigenvalue weighted by Gasteiger charge is 2.14. The summed E-state index contributed by atoms with van der Waals surface area (Å²) in [5, 5.41) is 12.1. The summed E-state index contributed by atoms with van der Waals surface area (Å²) >= 11 is 0. The largest absolute Gasteiger partial charge is 0.394 e. The van der Waals surface area contributed by atoms with Crippen molar-refractivity contribution in [1.29, 1.82) is 0 Å². The molecule has 16 heavy (non-hydrogen) atoms. The van der Waals surface area contributed by atoms with Crippen LogP contribution in [-0.2, 0) is 6.42 Å². The number of hydrogen-bond donors (Lipinski definition) is 2. The van der Waals surface area contributed by atoms with Crippen molar-refractivity contribution in [2.45, 2.75) is 25.8 Å². The van der Waals surface area contributed by atoms with Crippen LogP contribution in [0.25, 0.3) is 0 Å². The Morgan fingerprint density at radius 1 is 1.31 bits per heavy atom. The summed E-state index contributed by atoms with van der Waals surface area (Å²) in [6.45, 7) is 4.18. The highest BCUT2D eigenvalue weighted by atomic mass is 19.1.